The first-order valence-electron chi connectivity index (χ1n) is 7.81. The van der Waals surface area contributed by atoms with E-state index in [-0.39, 0.29) is 5.82 Å². The van der Waals surface area contributed by atoms with Crippen LogP contribution in [0.3, 0.4) is 0 Å². The van der Waals surface area contributed by atoms with Gasteiger partial charge in [-0.1, -0.05) is 74.7 Å². The van der Waals surface area contributed by atoms with E-state index in [1.807, 2.05) is 18.2 Å². The summed E-state index contributed by atoms with van der Waals surface area (Å²) >= 11 is 0. The van der Waals surface area contributed by atoms with Crippen molar-refractivity contribution in [3.8, 4) is 0 Å². The molecule has 0 aliphatic heterocycles. The fourth-order valence-electron chi connectivity index (χ4n) is 2.45. The van der Waals surface area contributed by atoms with E-state index < -0.39 is 0 Å². The molecular formula is C20H23F. The molecule has 0 heterocycles. The SMILES string of the molecule is CCCCCC/C(=C\c1ccc(F)cc1)c1ccccc1. The van der Waals surface area contributed by atoms with Crippen LogP contribution in [0.1, 0.15) is 50.2 Å². The van der Waals surface area contributed by atoms with Crippen LogP contribution < -0.4 is 0 Å². The topological polar surface area (TPSA) is 0 Å². The maximum Gasteiger partial charge on any atom is 0.123 e. The minimum absolute atomic E-state index is 0.184. The van der Waals surface area contributed by atoms with Crippen molar-refractivity contribution in [3.63, 3.8) is 0 Å². The molecule has 0 fully saturated rings. The van der Waals surface area contributed by atoms with Crippen LogP contribution in [-0.4, -0.2) is 0 Å². The molecule has 1 heteroatoms. The van der Waals surface area contributed by atoms with E-state index in [0.717, 1.165) is 12.0 Å². The quantitative estimate of drug-likeness (QED) is 0.411. The highest BCUT2D eigenvalue weighted by molar-refractivity contribution is 5.81. The van der Waals surface area contributed by atoms with Crippen molar-refractivity contribution in [2.45, 2.75) is 39.0 Å². The summed E-state index contributed by atoms with van der Waals surface area (Å²) in [4.78, 5) is 0. The molecule has 21 heavy (non-hydrogen) atoms. The zero-order valence-corrected chi connectivity index (χ0v) is 12.7. The fraction of sp³-hybridized carbons (Fsp3) is 0.300. The Labute approximate surface area is 127 Å². The molecule has 110 valence electrons. The van der Waals surface area contributed by atoms with Crippen molar-refractivity contribution in [1.82, 2.24) is 0 Å². The number of hydrogen-bond donors (Lipinski definition) is 0. The normalized spacial score (nSPS) is 11.6. The summed E-state index contributed by atoms with van der Waals surface area (Å²) in [5, 5.41) is 0. The second kappa shape index (κ2) is 8.41. The summed E-state index contributed by atoms with van der Waals surface area (Å²) in [7, 11) is 0. The smallest absolute Gasteiger partial charge is 0.123 e. The maximum absolute atomic E-state index is 13.0. The van der Waals surface area contributed by atoms with Crippen LogP contribution in [0.2, 0.25) is 0 Å². The molecule has 0 N–H and O–H groups in total. The van der Waals surface area contributed by atoms with Gasteiger partial charge in [0.15, 0.2) is 0 Å². The van der Waals surface area contributed by atoms with Crippen molar-refractivity contribution in [2.24, 2.45) is 0 Å². The van der Waals surface area contributed by atoms with Crippen molar-refractivity contribution in [3.05, 3.63) is 71.5 Å². The first-order valence-corrected chi connectivity index (χ1v) is 7.81. The second-order valence-corrected chi connectivity index (χ2v) is 5.40. The molecule has 2 rings (SSSR count). The average molecular weight is 282 g/mol. The van der Waals surface area contributed by atoms with Gasteiger partial charge in [-0.15, -0.1) is 0 Å². The lowest BCUT2D eigenvalue weighted by molar-refractivity contribution is 0.628. The van der Waals surface area contributed by atoms with Crippen molar-refractivity contribution in [1.29, 1.82) is 0 Å². The van der Waals surface area contributed by atoms with Crippen molar-refractivity contribution >= 4 is 11.6 Å². The van der Waals surface area contributed by atoms with Gasteiger partial charge in [-0.05, 0) is 41.7 Å². The van der Waals surface area contributed by atoms with E-state index in [1.165, 1.54) is 49.0 Å². The van der Waals surface area contributed by atoms with Crippen molar-refractivity contribution in [2.75, 3.05) is 0 Å². The minimum Gasteiger partial charge on any atom is -0.207 e. The van der Waals surface area contributed by atoms with E-state index in [4.69, 9.17) is 0 Å². The van der Waals surface area contributed by atoms with Crippen LogP contribution in [0.4, 0.5) is 4.39 Å². The maximum atomic E-state index is 13.0. The van der Waals surface area contributed by atoms with Gasteiger partial charge >= 0.3 is 0 Å². The molecule has 0 aromatic heterocycles. The lowest BCUT2D eigenvalue weighted by Gasteiger charge is -2.08. The van der Waals surface area contributed by atoms with Gasteiger partial charge in [0, 0.05) is 0 Å². The number of allylic oxidation sites excluding steroid dienone is 1. The third-order valence-corrected chi connectivity index (χ3v) is 3.66. The molecule has 0 nitrogen and oxygen atoms in total. The summed E-state index contributed by atoms with van der Waals surface area (Å²) in [6.07, 6.45) is 8.27. The van der Waals surface area contributed by atoms with Gasteiger partial charge in [0.1, 0.15) is 5.82 Å². The number of halogens is 1. The zero-order valence-electron chi connectivity index (χ0n) is 12.7. The van der Waals surface area contributed by atoms with Crippen LogP contribution in [0.5, 0.6) is 0 Å². The summed E-state index contributed by atoms with van der Waals surface area (Å²) in [6.45, 7) is 2.23. The zero-order chi connectivity index (χ0) is 14.9. The molecule has 0 unspecified atom stereocenters. The summed E-state index contributed by atoms with van der Waals surface area (Å²) < 4.78 is 13.0. The Kier molecular flexibility index (Phi) is 6.21. The summed E-state index contributed by atoms with van der Waals surface area (Å²) in [6, 6.07) is 17.2. The van der Waals surface area contributed by atoms with Gasteiger partial charge in [0.05, 0.1) is 0 Å². The molecule has 2 aromatic carbocycles. The Hall–Kier alpha value is -1.89. The monoisotopic (exact) mass is 282 g/mol. The molecule has 0 radical (unpaired) electrons. The van der Waals surface area contributed by atoms with Gasteiger partial charge in [0.2, 0.25) is 0 Å². The van der Waals surface area contributed by atoms with Crippen LogP contribution in [-0.2, 0) is 0 Å². The Morgan fingerprint density at radius 2 is 1.62 bits per heavy atom. The minimum atomic E-state index is -0.184. The molecule has 0 bridgehead atoms. The summed E-state index contributed by atoms with van der Waals surface area (Å²) in [5.41, 5.74) is 3.65. The van der Waals surface area contributed by atoms with Crippen LogP contribution >= 0.6 is 0 Å². The van der Waals surface area contributed by atoms with Crippen LogP contribution in [0.25, 0.3) is 11.6 Å². The van der Waals surface area contributed by atoms with E-state index in [1.54, 1.807) is 0 Å². The molecule has 0 aliphatic carbocycles. The molecule has 0 saturated heterocycles. The van der Waals surface area contributed by atoms with Gasteiger partial charge < -0.3 is 0 Å². The number of rotatable bonds is 7. The number of benzene rings is 2. The van der Waals surface area contributed by atoms with Gasteiger partial charge in [0.25, 0.3) is 0 Å². The standard InChI is InChI=1S/C20H23F/c1-2-3-4-6-11-19(18-9-7-5-8-10-18)16-17-12-14-20(21)15-13-17/h5,7-10,12-16H,2-4,6,11H2,1H3/b19-16+. The molecule has 0 saturated carbocycles. The first-order chi connectivity index (χ1) is 10.3. The van der Waals surface area contributed by atoms with Crippen molar-refractivity contribution < 1.29 is 4.39 Å². The van der Waals surface area contributed by atoms with E-state index in [0.29, 0.717) is 0 Å². The third-order valence-electron chi connectivity index (χ3n) is 3.66. The number of hydrogen-bond acceptors (Lipinski definition) is 0. The molecule has 0 atom stereocenters. The van der Waals surface area contributed by atoms with Gasteiger partial charge in [-0.3, -0.25) is 0 Å². The Balaban J connectivity index is 2.16. The molecule has 2 aromatic rings. The van der Waals surface area contributed by atoms with Crippen LogP contribution in [0, 0.1) is 5.82 Å². The Bertz CT molecular complexity index is 552. The molecular weight excluding hydrogens is 259 g/mol. The second-order valence-electron chi connectivity index (χ2n) is 5.40. The number of unbranched alkanes of at least 4 members (excludes halogenated alkanes) is 3. The first kappa shape index (κ1) is 15.5. The molecule has 0 amide bonds. The fourth-order valence-corrected chi connectivity index (χ4v) is 2.45. The lowest BCUT2D eigenvalue weighted by Crippen LogP contribution is -1.87. The highest BCUT2D eigenvalue weighted by atomic mass is 19.1. The highest BCUT2D eigenvalue weighted by Crippen LogP contribution is 2.24. The predicted octanol–water partition coefficient (Wildman–Crippen LogP) is 6.34. The third kappa shape index (κ3) is 5.18. The van der Waals surface area contributed by atoms with E-state index in [9.17, 15) is 4.39 Å². The van der Waals surface area contributed by atoms with Gasteiger partial charge in [-0.2, -0.15) is 0 Å². The predicted molar refractivity (Wildman–Crippen MR) is 89.5 cm³/mol. The lowest BCUT2D eigenvalue weighted by atomic mass is 9.97. The Morgan fingerprint density at radius 1 is 0.905 bits per heavy atom. The molecule has 0 spiro atoms. The molecule has 0 aliphatic rings. The largest absolute Gasteiger partial charge is 0.207 e. The van der Waals surface area contributed by atoms with E-state index >= 15 is 0 Å². The Morgan fingerprint density at radius 3 is 2.29 bits per heavy atom. The highest BCUT2D eigenvalue weighted by Gasteiger charge is 2.02. The average Bonchev–Trinajstić information content (AvgIpc) is 2.53. The van der Waals surface area contributed by atoms with Crippen LogP contribution in [0.15, 0.2) is 54.6 Å². The van der Waals surface area contributed by atoms with Gasteiger partial charge in [-0.25, -0.2) is 4.39 Å². The summed E-state index contributed by atoms with van der Waals surface area (Å²) in [5.74, 6) is -0.184. The van der Waals surface area contributed by atoms with E-state index in [2.05, 4.69) is 37.3 Å².